The van der Waals surface area contributed by atoms with Gasteiger partial charge in [-0.2, -0.15) is 0 Å². The van der Waals surface area contributed by atoms with Crippen LogP contribution >= 0.6 is 15.9 Å². The topological polar surface area (TPSA) is 43.8 Å². The number of hydrogen-bond donors (Lipinski definition) is 1. The van der Waals surface area contributed by atoms with Crippen molar-refractivity contribution in [2.45, 2.75) is 26.3 Å². The summed E-state index contributed by atoms with van der Waals surface area (Å²) in [6.07, 6.45) is 1.00. The minimum Gasteiger partial charge on any atom is -0.507 e. The van der Waals surface area contributed by atoms with Gasteiger partial charge in [-0.1, -0.05) is 29.8 Å². The molecule has 1 fully saturated rings. The van der Waals surface area contributed by atoms with Crippen LogP contribution in [0.1, 0.15) is 30.6 Å². The van der Waals surface area contributed by atoms with Crippen LogP contribution < -0.4 is 0 Å². The van der Waals surface area contributed by atoms with Gasteiger partial charge in [-0.3, -0.25) is 9.69 Å². The summed E-state index contributed by atoms with van der Waals surface area (Å²) in [5, 5.41) is 9.85. The van der Waals surface area contributed by atoms with Crippen LogP contribution in [0.15, 0.2) is 22.7 Å². The Balaban J connectivity index is 2.10. The van der Waals surface area contributed by atoms with Crippen molar-refractivity contribution in [3.05, 3.63) is 28.2 Å². The minimum absolute atomic E-state index is 0.0458. The van der Waals surface area contributed by atoms with Crippen LogP contribution in [-0.2, 0) is 0 Å². The Morgan fingerprint density at radius 1 is 1.45 bits per heavy atom. The van der Waals surface area contributed by atoms with Gasteiger partial charge in [0.2, 0.25) is 0 Å². The summed E-state index contributed by atoms with van der Waals surface area (Å²) in [4.78, 5) is 16.7. The molecule has 110 valence electrons. The molecule has 1 amide bonds. The summed E-state index contributed by atoms with van der Waals surface area (Å²) < 4.78 is 0.804. The molecule has 1 aromatic carbocycles. The van der Waals surface area contributed by atoms with Gasteiger partial charge in [-0.15, -0.1) is 0 Å². The van der Waals surface area contributed by atoms with Crippen LogP contribution in [-0.4, -0.2) is 53.0 Å². The largest absolute Gasteiger partial charge is 0.507 e. The highest BCUT2D eigenvalue weighted by Crippen LogP contribution is 2.25. The number of rotatable bonds is 4. The Kier molecular flexibility index (Phi) is 5.05. The molecule has 0 bridgehead atoms. The number of phenolic OH excluding ortho intramolecular Hbond substituents is 1. The number of aromatic hydroxyl groups is 1. The SMILES string of the molecule is CCN(CC)C1CCN(C(=O)c2cc(Br)ccc2O)C1. The van der Waals surface area contributed by atoms with Crippen molar-refractivity contribution in [2.24, 2.45) is 0 Å². The standard InChI is InChI=1S/C15H21BrN2O2/c1-3-17(4-2)12-7-8-18(10-12)15(20)13-9-11(16)5-6-14(13)19/h5-6,9,12,19H,3-4,7-8,10H2,1-2H3. The lowest BCUT2D eigenvalue weighted by atomic mass is 10.2. The van der Waals surface area contributed by atoms with Crippen molar-refractivity contribution in [1.82, 2.24) is 9.80 Å². The predicted octanol–water partition coefficient (Wildman–Crippen LogP) is 2.71. The van der Waals surface area contributed by atoms with Crippen molar-refractivity contribution in [3.63, 3.8) is 0 Å². The van der Waals surface area contributed by atoms with Crippen LogP contribution in [0.25, 0.3) is 0 Å². The molecular formula is C15H21BrN2O2. The van der Waals surface area contributed by atoms with Gasteiger partial charge in [-0.25, -0.2) is 0 Å². The molecule has 0 aliphatic carbocycles. The quantitative estimate of drug-likeness (QED) is 0.916. The third-order valence-corrected chi connectivity index (χ3v) is 4.46. The van der Waals surface area contributed by atoms with Crippen molar-refractivity contribution in [3.8, 4) is 5.75 Å². The fourth-order valence-electron chi connectivity index (χ4n) is 2.81. The fraction of sp³-hybridized carbons (Fsp3) is 0.533. The zero-order chi connectivity index (χ0) is 14.7. The van der Waals surface area contributed by atoms with Crippen LogP contribution in [0.2, 0.25) is 0 Å². The van der Waals surface area contributed by atoms with Crippen molar-refractivity contribution in [2.75, 3.05) is 26.2 Å². The lowest BCUT2D eigenvalue weighted by molar-refractivity contribution is 0.0775. The van der Waals surface area contributed by atoms with E-state index in [9.17, 15) is 9.90 Å². The van der Waals surface area contributed by atoms with Gasteiger partial charge >= 0.3 is 0 Å². The van der Waals surface area contributed by atoms with E-state index in [1.165, 1.54) is 0 Å². The number of likely N-dealkylation sites (N-methyl/N-ethyl adjacent to an activating group) is 1. The van der Waals surface area contributed by atoms with E-state index >= 15 is 0 Å². The molecule has 1 atom stereocenters. The van der Waals surface area contributed by atoms with Gasteiger partial charge < -0.3 is 10.0 Å². The minimum atomic E-state index is -0.0848. The third-order valence-electron chi connectivity index (χ3n) is 3.97. The molecule has 5 heteroatoms. The number of carbonyl (C=O) groups excluding carboxylic acids is 1. The monoisotopic (exact) mass is 340 g/mol. The number of halogens is 1. The van der Waals surface area contributed by atoms with E-state index in [1.807, 2.05) is 4.90 Å². The fourth-order valence-corrected chi connectivity index (χ4v) is 3.18. The summed E-state index contributed by atoms with van der Waals surface area (Å²) in [6.45, 7) is 7.80. The van der Waals surface area contributed by atoms with E-state index in [0.717, 1.165) is 37.1 Å². The number of hydrogen-bond acceptors (Lipinski definition) is 3. The molecule has 0 spiro atoms. The number of carbonyl (C=O) groups is 1. The van der Waals surface area contributed by atoms with Gasteiger partial charge in [-0.05, 0) is 37.7 Å². The highest BCUT2D eigenvalue weighted by molar-refractivity contribution is 9.10. The van der Waals surface area contributed by atoms with E-state index < -0.39 is 0 Å². The molecule has 4 nitrogen and oxygen atoms in total. The first-order valence-corrected chi connectivity index (χ1v) is 7.88. The summed E-state index contributed by atoms with van der Waals surface area (Å²) in [5.41, 5.74) is 0.375. The summed E-state index contributed by atoms with van der Waals surface area (Å²) in [6, 6.07) is 5.40. The van der Waals surface area contributed by atoms with Gasteiger partial charge in [0.05, 0.1) is 5.56 Å². The molecule has 0 saturated carbocycles. The zero-order valence-corrected chi connectivity index (χ0v) is 13.6. The van der Waals surface area contributed by atoms with Crippen LogP contribution in [0.5, 0.6) is 5.75 Å². The van der Waals surface area contributed by atoms with Crippen LogP contribution in [0.3, 0.4) is 0 Å². The second kappa shape index (κ2) is 6.59. The molecule has 0 radical (unpaired) electrons. The van der Waals surface area contributed by atoms with Gasteiger partial charge in [0.1, 0.15) is 5.75 Å². The van der Waals surface area contributed by atoms with E-state index in [2.05, 4.69) is 34.7 Å². The maximum absolute atomic E-state index is 12.5. The number of likely N-dealkylation sites (tertiary alicyclic amines) is 1. The number of nitrogens with zero attached hydrogens (tertiary/aromatic N) is 2. The second-order valence-electron chi connectivity index (χ2n) is 5.08. The second-order valence-corrected chi connectivity index (χ2v) is 5.99. The van der Waals surface area contributed by atoms with Crippen molar-refractivity contribution in [1.29, 1.82) is 0 Å². The van der Waals surface area contributed by atoms with E-state index in [4.69, 9.17) is 0 Å². The molecule has 1 unspecified atom stereocenters. The summed E-state index contributed by atoms with van der Waals surface area (Å²) in [7, 11) is 0. The Morgan fingerprint density at radius 3 is 2.80 bits per heavy atom. The predicted molar refractivity (Wildman–Crippen MR) is 83.0 cm³/mol. The number of amides is 1. The molecule has 1 aliphatic rings. The van der Waals surface area contributed by atoms with E-state index in [-0.39, 0.29) is 11.7 Å². The third kappa shape index (κ3) is 3.15. The number of phenols is 1. The lowest BCUT2D eigenvalue weighted by Crippen LogP contribution is -2.38. The molecule has 1 N–H and O–H groups in total. The van der Waals surface area contributed by atoms with Gasteiger partial charge in [0.15, 0.2) is 0 Å². The lowest BCUT2D eigenvalue weighted by Gasteiger charge is -2.26. The normalized spacial score (nSPS) is 18.8. The highest BCUT2D eigenvalue weighted by Gasteiger charge is 2.30. The summed E-state index contributed by atoms with van der Waals surface area (Å²) in [5.74, 6) is -0.0389. The maximum atomic E-state index is 12.5. The Morgan fingerprint density at radius 2 is 2.15 bits per heavy atom. The Hall–Kier alpha value is -1.07. The molecule has 1 aliphatic heterocycles. The highest BCUT2D eigenvalue weighted by atomic mass is 79.9. The molecule has 1 heterocycles. The van der Waals surface area contributed by atoms with Gasteiger partial charge in [0, 0.05) is 23.6 Å². The van der Waals surface area contributed by atoms with Crippen LogP contribution in [0.4, 0.5) is 0 Å². The van der Waals surface area contributed by atoms with Gasteiger partial charge in [0.25, 0.3) is 5.91 Å². The first-order valence-electron chi connectivity index (χ1n) is 7.08. The first-order chi connectivity index (χ1) is 9.56. The molecule has 20 heavy (non-hydrogen) atoms. The Labute approximate surface area is 128 Å². The van der Waals surface area contributed by atoms with Crippen molar-refractivity contribution >= 4 is 21.8 Å². The molecule has 1 aromatic rings. The Bertz CT molecular complexity index is 489. The molecule has 0 aromatic heterocycles. The zero-order valence-electron chi connectivity index (χ0n) is 12.0. The maximum Gasteiger partial charge on any atom is 0.257 e. The molecule has 2 rings (SSSR count). The van der Waals surface area contributed by atoms with Crippen LogP contribution in [0, 0.1) is 0 Å². The van der Waals surface area contributed by atoms with E-state index in [0.29, 0.717) is 11.6 Å². The average Bonchev–Trinajstić information content (AvgIpc) is 2.92. The average molecular weight is 341 g/mol. The number of benzene rings is 1. The first kappa shape index (κ1) is 15.3. The molecular weight excluding hydrogens is 320 g/mol. The smallest absolute Gasteiger partial charge is 0.257 e. The molecule has 1 saturated heterocycles. The van der Waals surface area contributed by atoms with E-state index in [1.54, 1.807) is 18.2 Å². The summed E-state index contributed by atoms with van der Waals surface area (Å²) >= 11 is 3.34. The van der Waals surface area contributed by atoms with Crippen molar-refractivity contribution < 1.29 is 9.90 Å².